The lowest BCUT2D eigenvalue weighted by Gasteiger charge is -2.19. The van der Waals surface area contributed by atoms with Crippen LogP contribution in [0.25, 0.3) is 33.1 Å². The molecule has 1 atom stereocenters. The predicted octanol–water partition coefficient (Wildman–Crippen LogP) is 5.21. The summed E-state index contributed by atoms with van der Waals surface area (Å²) in [5.74, 6) is -0.227. The van der Waals surface area contributed by atoms with E-state index in [0.29, 0.717) is 38.8 Å². The fourth-order valence-electron chi connectivity index (χ4n) is 4.43. The van der Waals surface area contributed by atoms with E-state index in [9.17, 15) is 14.4 Å². The van der Waals surface area contributed by atoms with Crippen molar-refractivity contribution in [3.63, 3.8) is 0 Å². The quantitative estimate of drug-likeness (QED) is 0.309. The summed E-state index contributed by atoms with van der Waals surface area (Å²) in [7, 11) is 0. The van der Waals surface area contributed by atoms with Gasteiger partial charge < -0.3 is 19.9 Å². The average molecular weight is 516 g/mol. The van der Waals surface area contributed by atoms with E-state index in [2.05, 4.69) is 9.97 Å². The van der Waals surface area contributed by atoms with E-state index >= 15 is 0 Å². The number of aryl methyl sites for hydroxylation is 1. The number of halogens is 1. The molecule has 0 saturated carbocycles. The fourth-order valence-corrected chi connectivity index (χ4v) is 4.57. The van der Waals surface area contributed by atoms with Gasteiger partial charge in [-0.2, -0.15) is 0 Å². The monoisotopic (exact) mass is 515 g/mol. The highest BCUT2D eigenvalue weighted by molar-refractivity contribution is 6.29. The van der Waals surface area contributed by atoms with Crippen molar-refractivity contribution in [2.24, 2.45) is 5.73 Å². The van der Waals surface area contributed by atoms with Crippen molar-refractivity contribution < 1.29 is 13.9 Å². The Hall–Kier alpha value is -4.43. The van der Waals surface area contributed by atoms with Crippen LogP contribution in [0, 0.1) is 13.8 Å². The second-order valence-electron chi connectivity index (χ2n) is 8.83. The molecule has 0 aliphatic carbocycles. The first kappa shape index (κ1) is 24.3. The minimum Gasteiger partial charge on any atom is -0.483 e. The van der Waals surface area contributed by atoms with E-state index in [1.807, 2.05) is 19.1 Å². The largest absolute Gasteiger partial charge is 0.483 e. The van der Waals surface area contributed by atoms with Crippen LogP contribution in [-0.4, -0.2) is 15.9 Å². The van der Waals surface area contributed by atoms with Crippen molar-refractivity contribution in [1.82, 2.24) is 9.97 Å². The second-order valence-corrected chi connectivity index (χ2v) is 9.22. The summed E-state index contributed by atoms with van der Waals surface area (Å²) in [5, 5.41) is 1.78. The van der Waals surface area contributed by atoms with Crippen LogP contribution >= 0.6 is 11.6 Å². The number of aromatic nitrogens is 2. The number of carbonyl (C=O) groups is 1. The van der Waals surface area contributed by atoms with Crippen molar-refractivity contribution in [3.05, 3.63) is 103 Å². The number of benzene rings is 2. The number of nitrogens with two attached hydrogens (primary N) is 1. The molecule has 1 amide bonds. The summed E-state index contributed by atoms with van der Waals surface area (Å²) in [6.07, 6.45) is 0.932. The Balaban J connectivity index is 1.68. The van der Waals surface area contributed by atoms with Crippen LogP contribution in [-0.2, 0) is 0 Å². The zero-order valence-corrected chi connectivity index (χ0v) is 21.0. The van der Waals surface area contributed by atoms with Gasteiger partial charge in [-0.05, 0) is 74.2 Å². The van der Waals surface area contributed by atoms with Gasteiger partial charge in [0.2, 0.25) is 0 Å². The number of nitrogens with zero attached hydrogens (tertiary/aromatic N) is 1. The van der Waals surface area contributed by atoms with Crippen molar-refractivity contribution in [2.45, 2.75) is 26.9 Å². The lowest BCUT2D eigenvalue weighted by molar-refractivity contribution is 0.0988. The fraction of sp³-hybridized carbons (Fsp3) is 0.143. The maximum absolute atomic E-state index is 13.5. The molecule has 5 aromatic rings. The summed E-state index contributed by atoms with van der Waals surface area (Å²) in [4.78, 5) is 44.1. The third-order valence-electron chi connectivity index (χ3n) is 6.23. The van der Waals surface area contributed by atoms with Crippen LogP contribution < -0.4 is 21.5 Å². The van der Waals surface area contributed by atoms with E-state index in [-0.39, 0.29) is 27.6 Å². The summed E-state index contributed by atoms with van der Waals surface area (Å²) in [6, 6.07) is 13.7. The molecule has 0 spiro atoms. The standard InChI is InChI=1S/C28H22ClN3O5/c1-13-10-19(15(3)36-21-6-7-22(29)32-23(21)27(30)34)26-20(11-13)24(33)14(2)25(37-26)17-4-5-18-16(12-17)8-9-31-28(18)35/h4-12,15H,1-3H3,(H2,30,34)(H,31,35)/t15-/m1/s1. The van der Waals surface area contributed by atoms with Gasteiger partial charge in [-0.3, -0.25) is 14.4 Å². The number of H-pyrrole nitrogens is 1. The highest BCUT2D eigenvalue weighted by Gasteiger charge is 2.22. The molecular weight excluding hydrogens is 494 g/mol. The highest BCUT2D eigenvalue weighted by Crippen LogP contribution is 2.34. The summed E-state index contributed by atoms with van der Waals surface area (Å²) >= 11 is 5.92. The summed E-state index contributed by atoms with van der Waals surface area (Å²) in [6.45, 7) is 5.36. The van der Waals surface area contributed by atoms with E-state index in [1.54, 1.807) is 44.3 Å². The second kappa shape index (κ2) is 9.22. The molecule has 0 radical (unpaired) electrons. The molecule has 0 unspecified atom stereocenters. The Bertz CT molecular complexity index is 1840. The smallest absolute Gasteiger partial charge is 0.271 e. The molecule has 186 valence electrons. The SMILES string of the molecule is Cc1cc([C@@H](C)Oc2ccc(Cl)nc2C(N)=O)c2oc(-c3ccc4c(=O)[nH]ccc4c3)c(C)c(=O)c2c1. The van der Waals surface area contributed by atoms with Crippen LogP contribution in [0.15, 0.2) is 68.7 Å². The lowest BCUT2D eigenvalue weighted by atomic mass is 9.99. The minimum absolute atomic E-state index is 0.0968. The van der Waals surface area contributed by atoms with Gasteiger partial charge in [0.25, 0.3) is 11.5 Å². The number of rotatable bonds is 5. The number of fused-ring (bicyclic) bond motifs is 2. The Labute approximate surface area is 215 Å². The van der Waals surface area contributed by atoms with E-state index in [4.69, 9.17) is 26.5 Å². The molecule has 3 aromatic heterocycles. The number of primary amides is 1. The van der Waals surface area contributed by atoms with Crippen molar-refractivity contribution >= 4 is 39.2 Å². The zero-order chi connectivity index (χ0) is 26.4. The number of hydrogen-bond donors (Lipinski definition) is 2. The Morgan fingerprint density at radius 2 is 1.86 bits per heavy atom. The van der Waals surface area contributed by atoms with Gasteiger partial charge in [-0.1, -0.05) is 17.7 Å². The maximum Gasteiger partial charge on any atom is 0.271 e. The normalized spacial score (nSPS) is 12.1. The van der Waals surface area contributed by atoms with Gasteiger partial charge in [-0.15, -0.1) is 0 Å². The first-order chi connectivity index (χ1) is 17.6. The summed E-state index contributed by atoms with van der Waals surface area (Å²) in [5.41, 5.74) is 7.90. The Morgan fingerprint density at radius 3 is 2.62 bits per heavy atom. The molecule has 8 nitrogen and oxygen atoms in total. The Morgan fingerprint density at radius 1 is 1.08 bits per heavy atom. The third-order valence-corrected chi connectivity index (χ3v) is 6.44. The topological polar surface area (TPSA) is 128 Å². The lowest BCUT2D eigenvalue weighted by Crippen LogP contribution is -2.17. The molecular formula is C28H22ClN3O5. The number of nitrogens with one attached hydrogen (secondary N) is 1. The number of aromatic amines is 1. The van der Waals surface area contributed by atoms with Crippen molar-refractivity contribution in [3.8, 4) is 17.1 Å². The van der Waals surface area contributed by atoms with Crippen LogP contribution in [0.3, 0.4) is 0 Å². The zero-order valence-electron chi connectivity index (χ0n) is 20.2. The molecule has 2 aromatic carbocycles. The van der Waals surface area contributed by atoms with Crippen LogP contribution in [0.4, 0.5) is 0 Å². The van der Waals surface area contributed by atoms with E-state index in [1.165, 1.54) is 12.1 Å². The molecule has 3 N–H and O–H groups in total. The number of amides is 1. The van der Waals surface area contributed by atoms with Gasteiger partial charge in [-0.25, -0.2) is 4.98 Å². The summed E-state index contributed by atoms with van der Waals surface area (Å²) < 4.78 is 12.5. The van der Waals surface area contributed by atoms with E-state index in [0.717, 1.165) is 10.9 Å². The number of carbonyl (C=O) groups excluding carboxylic acids is 1. The van der Waals surface area contributed by atoms with Crippen LogP contribution in [0.2, 0.25) is 5.15 Å². The molecule has 9 heteroatoms. The minimum atomic E-state index is -0.779. The predicted molar refractivity (Wildman–Crippen MR) is 142 cm³/mol. The molecule has 0 fully saturated rings. The van der Waals surface area contributed by atoms with E-state index < -0.39 is 12.0 Å². The molecule has 37 heavy (non-hydrogen) atoms. The molecule has 0 aliphatic heterocycles. The average Bonchev–Trinajstić information content (AvgIpc) is 2.87. The van der Waals surface area contributed by atoms with Gasteiger partial charge >= 0.3 is 0 Å². The van der Waals surface area contributed by atoms with Crippen molar-refractivity contribution in [2.75, 3.05) is 0 Å². The highest BCUT2D eigenvalue weighted by atomic mass is 35.5. The Kier molecular flexibility index (Phi) is 6.05. The number of pyridine rings is 2. The van der Waals surface area contributed by atoms with Crippen LogP contribution in [0.5, 0.6) is 5.75 Å². The molecule has 3 heterocycles. The van der Waals surface area contributed by atoms with Gasteiger partial charge in [0.15, 0.2) is 16.9 Å². The maximum atomic E-state index is 13.5. The first-order valence-corrected chi connectivity index (χ1v) is 11.8. The first-order valence-electron chi connectivity index (χ1n) is 11.5. The molecule has 5 rings (SSSR count). The molecule has 0 bridgehead atoms. The number of ether oxygens (including phenoxy) is 1. The third kappa shape index (κ3) is 4.36. The number of hydrogen-bond acceptors (Lipinski definition) is 6. The molecule has 0 aliphatic rings. The van der Waals surface area contributed by atoms with Gasteiger partial charge in [0.05, 0.1) is 5.39 Å². The van der Waals surface area contributed by atoms with Crippen LogP contribution in [0.1, 0.15) is 40.2 Å². The van der Waals surface area contributed by atoms with Crippen molar-refractivity contribution in [1.29, 1.82) is 0 Å². The molecule has 0 saturated heterocycles. The van der Waals surface area contributed by atoms with Gasteiger partial charge in [0, 0.05) is 28.3 Å². The van der Waals surface area contributed by atoms with Gasteiger partial charge in [0.1, 0.15) is 22.6 Å².